The lowest BCUT2D eigenvalue weighted by molar-refractivity contribution is -0.137. The van der Waals surface area contributed by atoms with Gasteiger partial charge in [0.15, 0.2) is 0 Å². The molecule has 1 aromatic heterocycles. The van der Waals surface area contributed by atoms with Crippen molar-refractivity contribution in [3.05, 3.63) is 23.9 Å². The van der Waals surface area contributed by atoms with Crippen molar-refractivity contribution >= 4 is 12.2 Å². The SMILES string of the molecule is O=CNc1ccc(C(F)(F)F)cn1. The molecular formula is C7H5F3N2O. The Morgan fingerprint density at radius 3 is 2.46 bits per heavy atom. The Balaban J connectivity index is 2.87. The fraction of sp³-hybridized carbons (Fsp3) is 0.143. The molecule has 13 heavy (non-hydrogen) atoms. The Labute approximate surface area is 71.6 Å². The summed E-state index contributed by atoms with van der Waals surface area (Å²) >= 11 is 0. The Morgan fingerprint density at radius 1 is 1.38 bits per heavy atom. The zero-order valence-corrected chi connectivity index (χ0v) is 6.30. The third-order valence-corrected chi connectivity index (χ3v) is 1.30. The van der Waals surface area contributed by atoms with E-state index in [1.165, 1.54) is 0 Å². The van der Waals surface area contributed by atoms with E-state index in [4.69, 9.17) is 0 Å². The van der Waals surface area contributed by atoms with Crippen molar-refractivity contribution < 1.29 is 18.0 Å². The summed E-state index contributed by atoms with van der Waals surface area (Å²) in [6.07, 6.45) is -3.39. The molecule has 1 N–H and O–H groups in total. The van der Waals surface area contributed by atoms with Gasteiger partial charge in [-0.25, -0.2) is 4.98 Å². The van der Waals surface area contributed by atoms with Gasteiger partial charge in [0.2, 0.25) is 6.41 Å². The van der Waals surface area contributed by atoms with Crippen LogP contribution >= 0.6 is 0 Å². The maximum absolute atomic E-state index is 12.0. The van der Waals surface area contributed by atoms with Crippen molar-refractivity contribution in [3.8, 4) is 0 Å². The van der Waals surface area contributed by atoms with Crippen LogP contribution in [0.25, 0.3) is 0 Å². The van der Waals surface area contributed by atoms with E-state index in [9.17, 15) is 18.0 Å². The first-order valence-corrected chi connectivity index (χ1v) is 3.27. The molecule has 0 aliphatic carbocycles. The fourth-order valence-electron chi connectivity index (χ4n) is 0.707. The first kappa shape index (κ1) is 9.50. The Morgan fingerprint density at radius 2 is 2.08 bits per heavy atom. The number of pyridine rings is 1. The van der Waals surface area contributed by atoms with E-state index in [-0.39, 0.29) is 5.82 Å². The first-order valence-electron chi connectivity index (χ1n) is 3.27. The number of alkyl halides is 3. The number of nitrogens with one attached hydrogen (secondary N) is 1. The number of amides is 1. The summed E-state index contributed by atoms with van der Waals surface area (Å²) in [6, 6.07) is 1.93. The van der Waals surface area contributed by atoms with Crippen LogP contribution in [-0.4, -0.2) is 11.4 Å². The number of aromatic nitrogens is 1. The van der Waals surface area contributed by atoms with Gasteiger partial charge in [-0.05, 0) is 12.1 Å². The van der Waals surface area contributed by atoms with E-state index in [2.05, 4.69) is 10.3 Å². The van der Waals surface area contributed by atoms with E-state index in [1.54, 1.807) is 0 Å². The third kappa shape index (κ3) is 2.43. The molecule has 3 nitrogen and oxygen atoms in total. The number of rotatable bonds is 2. The van der Waals surface area contributed by atoms with Crippen LogP contribution in [-0.2, 0) is 11.0 Å². The lowest BCUT2D eigenvalue weighted by atomic mass is 10.3. The van der Waals surface area contributed by atoms with E-state index in [1.807, 2.05) is 0 Å². The van der Waals surface area contributed by atoms with E-state index in [0.717, 1.165) is 12.1 Å². The van der Waals surface area contributed by atoms with Crippen LogP contribution in [0.1, 0.15) is 5.56 Å². The third-order valence-electron chi connectivity index (χ3n) is 1.30. The highest BCUT2D eigenvalue weighted by Crippen LogP contribution is 2.28. The van der Waals surface area contributed by atoms with Gasteiger partial charge in [0.05, 0.1) is 5.56 Å². The van der Waals surface area contributed by atoms with E-state index < -0.39 is 11.7 Å². The molecule has 0 radical (unpaired) electrons. The quantitative estimate of drug-likeness (QED) is 0.720. The van der Waals surface area contributed by atoms with Crippen molar-refractivity contribution in [2.24, 2.45) is 0 Å². The van der Waals surface area contributed by atoms with Gasteiger partial charge in [-0.1, -0.05) is 0 Å². The van der Waals surface area contributed by atoms with Crippen LogP contribution in [0.5, 0.6) is 0 Å². The van der Waals surface area contributed by atoms with Crippen LogP contribution in [0.4, 0.5) is 19.0 Å². The molecule has 0 aromatic carbocycles. The van der Waals surface area contributed by atoms with Gasteiger partial charge in [-0.15, -0.1) is 0 Å². The number of hydrogen-bond acceptors (Lipinski definition) is 2. The summed E-state index contributed by atoms with van der Waals surface area (Å²) < 4.78 is 35.9. The minimum atomic E-state index is -4.40. The summed E-state index contributed by atoms with van der Waals surface area (Å²) in [6.45, 7) is 0. The summed E-state index contributed by atoms with van der Waals surface area (Å²) in [5, 5.41) is 2.13. The monoisotopic (exact) mass is 190 g/mol. The Kier molecular flexibility index (Phi) is 2.50. The number of nitrogens with zero attached hydrogens (tertiary/aromatic N) is 1. The van der Waals surface area contributed by atoms with Crippen molar-refractivity contribution in [3.63, 3.8) is 0 Å². The van der Waals surface area contributed by atoms with E-state index in [0.29, 0.717) is 12.6 Å². The molecule has 0 saturated heterocycles. The van der Waals surface area contributed by atoms with Crippen molar-refractivity contribution in [1.29, 1.82) is 0 Å². The lowest BCUT2D eigenvalue weighted by Gasteiger charge is -2.05. The number of hydrogen-bond donors (Lipinski definition) is 1. The molecule has 1 aromatic rings. The molecule has 0 saturated carbocycles. The van der Waals surface area contributed by atoms with Crippen molar-refractivity contribution in [2.45, 2.75) is 6.18 Å². The van der Waals surface area contributed by atoms with Gasteiger partial charge in [0.25, 0.3) is 0 Å². The zero-order valence-electron chi connectivity index (χ0n) is 6.30. The first-order chi connectivity index (χ1) is 6.04. The van der Waals surface area contributed by atoms with Crippen LogP contribution < -0.4 is 5.32 Å². The predicted octanol–water partition coefficient (Wildman–Crippen LogP) is 1.67. The Hall–Kier alpha value is -1.59. The molecule has 0 spiro atoms. The second kappa shape index (κ2) is 3.42. The summed E-state index contributed by atoms with van der Waals surface area (Å²) in [5.41, 5.74) is -0.844. The predicted molar refractivity (Wildman–Crippen MR) is 38.9 cm³/mol. The van der Waals surface area contributed by atoms with Gasteiger partial charge in [0.1, 0.15) is 5.82 Å². The zero-order chi connectivity index (χ0) is 9.90. The highest BCUT2D eigenvalue weighted by Gasteiger charge is 2.30. The minimum absolute atomic E-state index is 0.0861. The number of halogens is 3. The molecule has 0 fully saturated rings. The Bertz CT molecular complexity index is 294. The molecule has 1 heterocycles. The molecule has 0 aliphatic rings. The highest BCUT2D eigenvalue weighted by molar-refractivity contribution is 5.68. The average molecular weight is 190 g/mol. The normalized spacial score (nSPS) is 11.0. The lowest BCUT2D eigenvalue weighted by Crippen LogP contribution is -2.06. The molecule has 0 bridgehead atoms. The van der Waals surface area contributed by atoms with Crippen LogP contribution in [0, 0.1) is 0 Å². The average Bonchev–Trinajstić information content (AvgIpc) is 2.04. The van der Waals surface area contributed by atoms with Gasteiger partial charge in [-0.3, -0.25) is 4.79 Å². The van der Waals surface area contributed by atoms with Crippen molar-refractivity contribution in [1.82, 2.24) is 4.98 Å². The van der Waals surface area contributed by atoms with E-state index >= 15 is 0 Å². The number of anilines is 1. The maximum atomic E-state index is 12.0. The van der Waals surface area contributed by atoms with Crippen LogP contribution in [0.3, 0.4) is 0 Å². The largest absolute Gasteiger partial charge is 0.417 e. The molecule has 1 amide bonds. The number of carbonyl (C=O) groups is 1. The number of carbonyl (C=O) groups excluding carboxylic acids is 1. The second-order valence-electron chi connectivity index (χ2n) is 2.19. The van der Waals surface area contributed by atoms with Gasteiger partial charge >= 0.3 is 6.18 Å². The molecule has 1 rings (SSSR count). The topological polar surface area (TPSA) is 42.0 Å². The summed E-state index contributed by atoms with van der Waals surface area (Å²) in [5.74, 6) is 0.0861. The summed E-state index contributed by atoms with van der Waals surface area (Å²) in [7, 11) is 0. The van der Waals surface area contributed by atoms with Gasteiger partial charge in [-0.2, -0.15) is 13.2 Å². The smallest absolute Gasteiger partial charge is 0.313 e. The second-order valence-corrected chi connectivity index (χ2v) is 2.19. The molecule has 0 atom stereocenters. The van der Waals surface area contributed by atoms with Crippen LogP contribution in [0.15, 0.2) is 18.3 Å². The van der Waals surface area contributed by atoms with Crippen LogP contribution in [0.2, 0.25) is 0 Å². The standard InChI is InChI=1S/C7H5F3N2O/c8-7(9,10)5-1-2-6(11-3-5)12-4-13/h1-4H,(H,11,12,13). The molecule has 70 valence electrons. The minimum Gasteiger partial charge on any atom is -0.313 e. The molecule has 0 unspecified atom stereocenters. The van der Waals surface area contributed by atoms with Crippen molar-refractivity contribution in [2.75, 3.05) is 5.32 Å². The summed E-state index contributed by atoms with van der Waals surface area (Å²) in [4.78, 5) is 13.3. The van der Waals surface area contributed by atoms with Gasteiger partial charge in [0, 0.05) is 6.20 Å². The van der Waals surface area contributed by atoms with Gasteiger partial charge < -0.3 is 5.32 Å². The highest BCUT2D eigenvalue weighted by atomic mass is 19.4. The molecular weight excluding hydrogens is 185 g/mol. The molecule has 0 aliphatic heterocycles. The fourth-order valence-corrected chi connectivity index (χ4v) is 0.707. The maximum Gasteiger partial charge on any atom is 0.417 e. The molecule has 6 heteroatoms.